The van der Waals surface area contributed by atoms with Crippen molar-refractivity contribution in [3.63, 3.8) is 0 Å². The first-order valence-corrected chi connectivity index (χ1v) is 6.55. The second kappa shape index (κ2) is 4.13. The number of aromatic nitrogens is 3. The van der Waals surface area contributed by atoms with E-state index >= 15 is 0 Å². The molecule has 0 amide bonds. The molecule has 0 fully saturated rings. The molecule has 0 radical (unpaired) electrons. The van der Waals surface area contributed by atoms with Crippen LogP contribution in [-0.4, -0.2) is 14.5 Å². The molecule has 2 aromatic carbocycles. The van der Waals surface area contributed by atoms with Gasteiger partial charge in [0.25, 0.3) is 0 Å². The molecule has 4 rings (SSSR count). The Morgan fingerprint density at radius 1 is 1.00 bits per heavy atom. The second-order valence-corrected chi connectivity index (χ2v) is 4.93. The molecule has 2 heterocycles. The predicted octanol–water partition coefficient (Wildman–Crippen LogP) is 2.86. The molecule has 98 valence electrons. The van der Waals surface area contributed by atoms with Gasteiger partial charge in [-0.3, -0.25) is 4.57 Å². The van der Waals surface area contributed by atoms with Gasteiger partial charge in [0.05, 0.1) is 17.6 Å². The number of hydrogen-bond acceptors (Lipinski definition) is 1. The summed E-state index contributed by atoms with van der Waals surface area (Å²) in [4.78, 5) is 18.1. The van der Waals surface area contributed by atoms with E-state index in [-0.39, 0.29) is 5.69 Å². The lowest BCUT2D eigenvalue weighted by molar-refractivity contribution is 0.788. The summed E-state index contributed by atoms with van der Waals surface area (Å²) < 4.78 is 1.77. The Balaban J connectivity index is 1.83. The number of imidazole rings is 1. The Kier molecular flexibility index (Phi) is 2.29. The number of nitrogens with one attached hydrogen (secondary N) is 2. The minimum absolute atomic E-state index is 0.0691. The first-order chi connectivity index (χ1) is 9.81. The highest BCUT2D eigenvalue weighted by atomic mass is 16.1. The molecule has 4 heteroatoms. The fourth-order valence-corrected chi connectivity index (χ4v) is 2.65. The third-order valence-corrected chi connectivity index (χ3v) is 3.64. The molecule has 2 aromatic heterocycles. The van der Waals surface area contributed by atoms with Gasteiger partial charge in [-0.05, 0) is 41.3 Å². The van der Waals surface area contributed by atoms with Gasteiger partial charge in [0.2, 0.25) is 0 Å². The molecule has 0 bridgehead atoms. The summed E-state index contributed by atoms with van der Waals surface area (Å²) in [6.45, 7) is 0.573. The number of nitrogens with zero attached hydrogens (tertiary/aromatic N) is 1. The largest absolute Gasteiger partial charge is 0.361 e. The summed E-state index contributed by atoms with van der Waals surface area (Å²) in [5.74, 6) is 0. The van der Waals surface area contributed by atoms with Crippen LogP contribution in [0.3, 0.4) is 0 Å². The molecule has 0 aliphatic heterocycles. The average molecular weight is 263 g/mol. The lowest BCUT2D eigenvalue weighted by Gasteiger charge is -2.04. The number of aromatic amines is 2. The van der Waals surface area contributed by atoms with Crippen molar-refractivity contribution in [2.24, 2.45) is 0 Å². The number of para-hydroxylation sites is 2. The van der Waals surface area contributed by atoms with Crippen LogP contribution >= 0.6 is 0 Å². The van der Waals surface area contributed by atoms with Crippen molar-refractivity contribution in [3.8, 4) is 0 Å². The molecule has 0 unspecified atom stereocenters. The van der Waals surface area contributed by atoms with Gasteiger partial charge in [0.1, 0.15) is 0 Å². The van der Waals surface area contributed by atoms with E-state index in [1.165, 1.54) is 0 Å². The molecule has 0 saturated carbocycles. The van der Waals surface area contributed by atoms with Crippen LogP contribution in [0, 0.1) is 0 Å². The Morgan fingerprint density at radius 2 is 1.90 bits per heavy atom. The van der Waals surface area contributed by atoms with Crippen molar-refractivity contribution in [2.75, 3.05) is 0 Å². The summed E-state index contributed by atoms with van der Waals surface area (Å²) >= 11 is 0. The standard InChI is InChI=1S/C16H13N3O/c20-16-18-14-3-1-2-4-15(14)19(16)10-11-5-6-13-12(9-11)7-8-17-13/h1-9,17H,10H2,(H,18,20). The minimum Gasteiger partial charge on any atom is -0.361 e. The highest BCUT2D eigenvalue weighted by Crippen LogP contribution is 2.16. The quantitative estimate of drug-likeness (QED) is 0.574. The Bertz CT molecular complexity index is 958. The average Bonchev–Trinajstić information content (AvgIpc) is 3.04. The number of fused-ring (bicyclic) bond motifs is 2. The number of benzene rings is 2. The summed E-state index contributed by atoms with van der Waals surface area (Å²) in [6.07, 6.45) is 1.92. The fraction of sp³-hybridized carbons (Fsp3) is 0.0625. The normalized spacial score (nSPS) is 11.4. The van der Waals surface area contributed by atoms with Gasteiger partial charge < -0.3 is 9.97 Å². The van der Waals surface area contributed by atoms with Crippen molar-refractivity contribution in [2.45, 2.75) is 6.54 Å². The van der Waals surface area contributed by atoms with Crippen molar-refractivity contribution in [1.29, 1.82) is 0 Å². The number of hydrogen-bond donors (Lipinski definition) is 2. The molecule has 0 atom stereocenters. The predicted molar refractivity (Wildman–Crippen MR) is 80.0 cm³/mol. The fourth-order valence-electron chi connectivity index (χ4n) is 2.65. The maximum Gasteiger partial charge on any atom is 0.326 e. The molecular weight excluding hydrogens is 250 g/mol. The molecule has 0 saturated heterocycles. The highest BCUT2D eigenvalue weighted by molar-refractivity contribution is 5.80. The number of rotatable bonds is 2. The van der Waals surface area contributed by atoms with Crippen LogP contribution in [0.5, 0.6) is 0 Å². The highest BCUT2D eigenvalue weighted by Gasteiger charge is 2.06. The zero-order chi connectivity index (χ0) is 13.5. The minimum atomic E-state index is -0.0691. The summed E-state index contributed by atoms with van der Waals surface area (Å²) in [5, 5.41) is 1.16. The van der Waals surface area contributed by atoms with E-state index in [4.69, 9.17) is 0 Å². The van der Waals surface area contributed by atoms with E-state index in [9.17, 15) is 4.79 Å². The van der Waals surface area contributed by atoms with Gasteiger partial charge in [-0.2, -0.15) is 0 Å². The van der Waals surface area contributed by atoms with Crippen molar-refractivity contribution in [3.05, 3.63) is 70.8 Å². The van der Waals surface area contributed by atoms with Gasteiger partial charge in [-0.25, -0.2) is 4.79 Å². The lowest BCUT2D eigenvalue weighted by atomic mass is 10.1. The van der Waals surface area contributed by atoms with Crippen LogP contribution in [0.25, 0.3) is 21.9 Å². The summed E-state index contributed by atoms with van der Waals surface area (Å²) in [7, 11) is 0. The topological polar surface area (TPSA) is 53.6 Å². The maximum absolute atomic E-state index is 12.1. The Hall–Kier alpha value is -2.75. The van der Waals surface area contributed by atoms with Crippen LogP contribution in [0.1, 0.15) is 5.56 Å². The van der Waals surface area contributed by atoms with E-state index < -0.39 is 0 Å². The van der Waals surface area contributed by atoms with E-state index in [0.717, 1.165) is 27.5 Å². The van der Waals surface area contributed by atoms with Crippen LogP contribution in [0.15, 0.2) is 59.5 Å². The Morgan fingerprint density at radius 3 is 2.85 bits per heavy atom. The monoisotopic (exact) mass is 263 g/mol. The lowest BCUT2D eigenvalue weighted by Crippen LogP contribution is -2.17. The third kappa shape index (κ3) is 1.66. The number of H-pyrrole nitrogens is 2. The van der Waals surface area contributed by atoms with Crippen molar-refractivity contribution < 1.29 is 0 Å². The van der Waals surface area contributed by atoms with Gasteiger partial charge in [0, 0.05) is 11.7 Å². The summed E-state index contributed by atoms with van der Waals surface area (Å²) in [5.41, 5.74) is 3.97. The van der Waals surface area contributed by atoms with Gasteiger partial charge >= 0.3 is 5.69 Å². The molecule has 0 aliphatic rings. The van der Waals surface area contributed by atoms with Gasteiger partial charge in [-0.15, -0.1) is 0 Å². The summed E-state index contributed by atoms with van der Waals surface area (Å²) in [6, 6.07) is 16.0. The smallest absolute Gasteiger partial charge is 0.326 e. The Labute approximate surface area is 114 Å². The van der Waals surface area contributed by atoms with Crippen LogP contribution in [0.2, 0.25) is 0 Å². The molecule has 0 spiro atoms. The van der Waals surface area contributed by atoms with E-state index in [1.54, 1.807) is 4.57 Å². The molecule has 4 aromatic rings. The molecule has 0 aliphatic carbocycles. The van der Waals surface area contributed by atoms with Crippen molar-refractivity contribution >= 4 is 21.9 Å². The first kappa shape index (κ1) is 11.1. The van der Waals surface area contributed by atoms with Crippen LogP contribution in [-0.2, 0) is 6.54 Å². The first-order valence-electron chi connectivity index (χ1n) is 6.55. The molecular formula is C16H13N3O. The van der Waals surface area contributed by atoms with Gasteiger partial charge in [0.15, 0.2) is 0 Å². The molecule has 20 heavy (non-hydrogen) atoms. The molecule has 2 N–H and O–H groups in total. The van der Waals surface area contributed by atoms with Crippen LogP contribution < -0.4 is 5.69 Å². The maximum atomic E-state index is 12.1. The van der Waals surface area contributed by atoms with Gasteiger partial charge in [-0.1, -0.05) is 18.2 Å². The van der Waals surface area contributed by atoms with Crippen molar-refractivity contribution in [1.82, 2.24) is 14.5 Å². The SMILES string of the molecule is O=c1[nH]c2ccccc2n1Cc1ccc2[nH]ccc2c1. The van der Waals surface area contributed by atoms with E-state index in [2.05, 4.69) is 16.0 Å². The zero-order valence-electron chi connectivity index (χ0n) is 10.8. The second-order valence-electron chi connectivity index (χ2n) is 4.93. The van der Waals surface area contributed by atoms with E-state index in [1.807, 2.05) is 48.7 Å². The third-order valence-electron chi connectivity index (χ3n) is 3.64. The zero-order valence-corrected chi connectivity index (χ0v) is 10.8. The van der Waals surface area contributed by atoms with E-state index in [0.29, 0.717) is 6.54 Å². The molecule has 4 nitrogen and oxygen atoms in total. The van der Waals surface area contributed by atoms with Crippen LogP contribution in [0.4, 0.5) is 0 Å².